The van der Waals surface area contributed by atoms with E-state index in [1.54, 1.807) is 11.8 Å². The highest BCUT2D eigenvalue weighted by atomic mass is 32.2. The molecule has 22 heavy (non-hydrogen) atoms. The Labute approximate surface area is 134 Å². The van der Waals surface area contributed by atoms with Crippen LogP contribution in [0.15, 0.2) is 17.3 Å². The number of aromatic amines is 1. The van der Waals surface area contributed by atoms with Crippen molar-refractivity contribution in [3.05, 3.63) is 17.7 Å². The molecule has 1 N–H and O–H groups in total. The summed E-state index contributed by atoms with van der Waals surface area (Å²) in [6.45, 7) is 6.85. The third-order valence-corrected chi connectivity index (χ3v) is 3.86. The van der Waals surface area contributed by atoms with Gasteiger partial charge in [-0.05, 0) is 37.7 Å². The van der Waals surface area contributed by atoms with E-state index >= 15 is 0 Å². The largest absolute Gasteiger partial charge is 0.493 e. The first-order chi connectivity index (χ1) is 10.6. The van der Waals surface area contributed by atoms with E-state index in [2.05, 4.69) is 16.9 Å². The predicted molar refractivity (Wildman–Crippen MR) is 88.6 cm³/mol. The molecule has 1 aromatic heterocycles. The highest BCUT2D eigenvalue weighted by Crippen LogP contribution is 2.26. The predicted octanol–water partition coefficient (Wildman–Crippen LogP) is 3.71. The van der Waals surface area contributed by atoms with Gasteiger partial charge in [0.25, 0.3) is 0 Å². The summed E-state index contributed by atoms with van der Waals surface area (Å²) in [4.78, 5) is 19.1. The molecule has 2 rings (SSSR count). The van der Waals surface area contributed by atoms with E-state index in [1.807, 2.05) is 26.0 Å². The van der Waals surface area contributed by atoms with E-state index in [1.165, 1.54) is 0 Å². The van der Waals surface area contributed by atoms with Crippen molar-refractivity contribution in [1.29, 1.82) is 0 Å². The quantitative estimate of drug-likeness (QED) is 0.456. The zero-order valence-electron chi connectivity index (χ0n) is 13.3. The topological polar surface area (TPSA) is 64.2 Å². The number of hydrogen-bond donors (Lipinski definition) is 1. The van der Waals surface area contributed by atoms with Gasteiger partial charge in [-0.2, -0.15) is 0 Å². The smallest absolute Gasteiger partial charge is 0.305 e. The molecule has 0 spiro atoms. The molecule has 0 fully saturated rings. The molecule has 0 radical (unpaired) electrons. The van der Waals surface area contributed by atoms with Crippen molar-refractivity contribution in [2.45, 2.75) is 38.8 Å². The third kappa shape index (κ3) is 4.40. The summed E-state index contributed by atoms with van der Waals surface area (Å²) in [6.07, 6.45) is 1.03. The number of fused-ring (bicyclic) bond motifs is 1. The number of carbonyl (C=O) groups excluding carboxylic acids is 1. The highest BCUT2D eigenvalue weighted by molar-refractivity contribution is 7.99. The summed E-state index contributed by atoms with van der Waals surface area (Å²) in [5.74, 6) is 1.61. The normalized spacial score (nSPS) is 10.9. The molecule has 1 heterocycles. The van der Waals surface area contributed by atoms with E-state index in [4.69, 9.17) is 9.47 Å². The number of rotatable bonds is 8. The van der Waals surface area contributed by atoms with E-state index in [0.717, 1.165) is 33.3 Å². The van der Waals surface area contributed by atoms with Gasteiger partial charge in [0.05, 0.1) is 24.2 Å². The molecule has 5 nitrogen and oxygen atoms in total. The maximum atomic E-state index is 11.3. The fourth-order valence-electron chi connectivity index (χ4n) is 2.16. The Hall–Kier alpha value is -1.69. The first-order valence-corrected chi connectivity index (χ1v) is 8.54. The van der Waals surface area contributed by atoms with Crippen molar-refractivity contribution in [3.8, 4) is 5.75 Å². The number of carbonyl (C=O) groups is 1. The molecule has 0 atom stereocenters. The van der Waals surface area contributed by atoms with E-state index in [0.29, 0.717) is 26.1 Å². The zero-order valence-corrected chi connectivity index (χ0v) is 14.1. The number of aryl methyl sites for hydroxylation is 1. The minimum absolute atomic E-state index is 0.174. The zero-order chi connectivity index (χ0) is 15.9. The lowest BCUT2D eigenvalue weighted by molar-refractivity contribution is -0.143. The Morgan fingerprint density at radius 3 is 2.91 bits per heavy atom. The molecule has 0 bridgehead atoms. The summed E-state index contributed by atoms with van der Waals surface area (Å²) in [6, 6.07) is 3.94. The SMILES string of the molecule is CCOC(=O)CCCOc1cc(C)c2nc(SCC)[nH]c2c1. The molecule has 0 aliphatic carbocycles. The molecule has 0 aliphatic heterocycles. The summed E-state index contributed by atoms with van der Waals surface area (Å²) in [5.41, 5.74) is 3.04. The molecule has 6 heteroatoms. The van der Waals surface area contributed by atoms with Crippen LogP contribution >= 0.6 is 11.8 Å². The van der Waals surface area contributed by atoms with Crippen LogP contribution in [0.25, 0.3) is 11.0 Å². The van der Waals surface area contributed by atoms with Crippen LogP contribution in [0, 0.1) is 6.92 Å². The lowest BCUT2D eigenvalue weighted by Gasteiger charge is -2.07. The Bertz CT molecular complexity index is 640. The summed E-state index contributed by atoms with van der Waals surface area (Å²) < 4.78 is 10.6. The molecule has 0 saturated carbocycles. The Morgan fingerprint density at radius 1 is 1.36 bits per heavy atom. The minimum Gasteiger partial charge on any atom is -0.493 e. The van der Waals surface area contributed by atoms with E-state index in [9.17, 15) is 4.79 Å². The highest BCUT2D eigenvalue weighted by Gasteiger charge is 2.08. The molecule has 0 aliphatic rings. The second-order valence-electron chi connectivity index (χ2n) is 4.87. The van der Waals surface area contributed by atoms with Crippen molar-refractivity contribution < 1.29 is 14.3 Å². The van der Waals surface area contributed by atoms with Gasteiger partial charge in [-0.3, -0.25) is 4.79 Å². The lowest BCUT2D eigenvalue weighted by atomic mass is 10.2. The molecular weight excluding hydrogens is 300 g/mol. The summed E-state index contributed by atoms with van der Waals surface area (Å²) in [7, 11) is 0. The van der Waals surface area contributed by atoms with Crippen molar-refractivity contribution in [2.75, 3.05) is 19.0 Å². The maximum absolute atomic E-state index is 11.3. The van der Waals surface area contributed by atoms with Crippen LogP contribution in [-0.2, 0) is 9.53 Å². The van der Waals surface area contributed by atoms with Crippen LogP contribution in [0.3, 0.4) is 0 Å². The van der Waals surface area contributed by atoms with Crippen LogP contribution in [0.2, 0.25) is 0 Å². The van der Waals surface area contributed by atoms with Gasteiger partial charge in [-0.25, -0.2) is 4.98 Å². The number of hydrogen-bond acceptors (Lipinski definition) is 5. The van der Waals surface area contributed by atoms with Gasteiger partial charge >= 0.3 is 5.97 Å². The second kappa shape index (κ2) is 8.08. The number of aromatic nitrogens is 2. The van der Waals surface area contributed by atoms with Crippen LogP contribution < -0.4 is 4.74 Å². The number of ether oxygens (including phenoxy) is 2. The number of H-pyrrole nitrogens is 1. The average molecular weight is 322 g/mol. The van der Waals surface area contributed by atoms with Gasteiger partial charge in [0, 0.05) is 12.5 Å². The minimum atomic E-state index is -0.174. The monoisotopic (exact) mass is 322 g/mol. The Morgan fingerprint density at radius 2 is 2.18 bits per heavy atom. The second-order valence-corrected chi connectivity index (χ2v) is 6.12. The molecule has 0 unspecified atom stereocenters. The van der Waals surface area contributed by atoms with Gasteiger partial charge in [0.1, 0.15) is 5.75 Å². The number of imidazole rings is 1. The van der Waals surface area contributed by atoms with Gasteiger partial charge in [0.2, 0.25) is 0 Å². The van der Waals surface area contributed by atoms with E-state index in [-0.39, 0.29) is 5.97 Å². The summed E-state index contributed by atoms with van der Waals surface area (Å²) >= 11 is 1.69. The standard InChI is InChI=1S/C16H22N2O3S/c1-4-20-14(19)7-6-8-21-12-9-11(3)15-13(10-12)17-16(18-15)22-5-2/h9-10H,4-8H2,1-3H3,(H,17,18). The molecule has 120 valence electrons. The molecule has 0 saturated heterocycles. The van der Waals surface area contributed by atoms with Crippen LogP contribution in [0.1, 0.15) is 32.3 Å². The Balaban J connectivity index is 1.95. The van der Waals surface area contributed by atoms with Gasteiger partial charge in [-0.1, -0.05) is 18.7 Å². The number of thioether (sulfide) groups is 1. The van der Waals surface area contributed by atoms with Crippen LogP contribution in [0.5, 0.6) is 5.75 Å². The molecule has 1 aromatic carbocycles. The molecule has 0 amide bonds. The maximum Gasteiger partial charge on any atom is 0.305 e. The summed E-state index contributed by atoms with van der Waals surface area (Å²) in [5, 5.41) is 0.931. The fraction of sp³-hybridized carbons (Fsp3) is 0.500. The van der Waals surface area contributed by atoms with Crippen molar-refractivity contribution in [3.63, 3.8) is 0 Å². The van der Waals surface area contributed by atoms with Crippen molar-refractivity contribution >= 4 is 28.8 Å². The van der Waals surface area contributed by atoms with Crippen molar-refractivity contribution in [1.82, 2.24) is 9.97 Å². The number of esters is 1. The Kier molecular flexibility index (Phi) is 6.12. The first kappa shape index (κ1) is 16.7. The fourth-order valence-corrected chi connectivity index (χ4v) is 2.77. The molecule has 2 aromatic rings. The lowest BCUT2D eigenvalue weighted by Crippen LogP contribution is -2.06. The average Bonchev–Trinajstić information content (AvgIpc) is 2.88. The molecular formula is C16H22N2O3S. The first-order valence-electron chi connectivity index (χ1n) is 7.55. The number of benzene rings is 1. The van der Waals surface area contributed by atoms with Gasteiger partial charge in [-0.15, -0.1) is 0 Å². The van der Waals surface area contributed by atoms with Gasteiger partial charge in [0.15, 0.2) is 5.16 Å². The number of nitrogens with zero attached hydrogens (tertiary/aromatic N) is 1. The van der Waals surface area contributed by atoms with Crippen molar-refractivity contribution in [2.24, 2.45) is 0 Å². The number of nitrogens with one attached hydrogen (secondary N) is 1. The van der Waals surface area contributed by atoms with E-state index < -0.39 is 0 Å². The van der Waals surface area contributed by atoms with Gasteiger partial charge < -0.3 is 14.5 Å². The van der Waals surface area contributed by atoms with Crippen LogP contribution in [-0.4, -0.2) is 34.9 Å². The van der Waals surface area contributed by atoms with Crippen LogP contribution in [0.4, 0.5) is 0 Å². The third-order valence-electron chi connectivity index (χ3n) is 3.11.